The van der Waals surface area contributed by atoms with Crippen molar-refractivity contribution in [2.45, 2.75) is 45.4 Å². The molecule has 3 heterocycles. The third kappa shape index (κ3) is 2.76. The first-order valence-electron chi connectivity index (χ1n) is 7.16. The molecule has 0 spiro atoms. The van der Waals surface area contributed by atoms with Gasteiger partial charge in [0, 0.05) is 30.3 Å². The molecule has 0 aromatic carbocycles. The molecule has 2 fully saturated rings. The summed E-state index contributed by atoms with van der Waals surface area (Å²) in [5.41, 5.74) is 0.125. The highest BCUT2D eigenvalue weighted by atomic mass is 32.2. The summed E-state index contributed by atoms with van der Waals surface area (Å²) in [6, 6.07) is 0. The van der Waals surface area contributed by atoms with Gasteiger partial charge in [0.25, 0.3) is 0 Å². The molecule has 0 amide bonds. The fourth-order valence-corrected chi connectivity index (χ4v) is 4.17. The zero-order valence-electron chi connectivity index (χ0n) is 12.9. The predicted molar refractivity (Wildman–Crippen MR) is 80.1 cm³/mol. The highest BCUT2D eigenvalue weighted by Gasteiger charge is 2.52. The van der Waals surface area contributed by atoms with E-state index in [4.69, 9.17) is 9.31 Å². The van der Waals surface area contributed by atoms with Crippen molar-refractivity contribution in [3.8, 4) is 0 Å². The van der Waals surface area contributed by atoms with Crippen molar-refractivity contribution >= 4 is 22.4 Å². The van der Waals surface area contributed by atoms with Crippen LogP contribution in [0, 0.1) is 5.92 Å². The number of rotatable bonds is 3. The summed E-state index contributed by atoms with van der Waals surface area (Å²) in [5.74, 6) is 0.693. The fourth-order valence-electron chi connectivity index (χ4n) is 2.62. The summed E-state index contributed by atoms with van der Waals surface area (Å²) < 4.78 is 36.1. The van der Waals surface area contributed by atoms with Gasteiger partial charge in [0.05, 0.1) is 22.7 Å². The lowest BCUT2D eigenvalue weighted by Crippen LogP contribution is -2.41. The first-order chi connectivity index (χ1) is 9.58. The topological polar surface area (TPSA) is 70.4 Å². The Kier molecular flexibility index (Phi) is 3.28. The van der Waals surface area contributed by atoms with Gasteiger partial charge in [0.2, 0.25) is 0 Å². The van der Waals surface area contributed by atoms with E-state index in [1.807, 2.05) is 33.9 Å². The number of sulfone groups is 1. The minimum Gasteiger partial charge on any atom is -0.399 e. The van der Waals surface area contributed by atoms with Crippen LogP contribution in [0.15, 0.2) is 12.4 Å². The molecule has 1 aromatic heterocycles. The van der Waals surface area contributed by atoms with E-state index in [0.29, 0.717) is 6.54 Å². The maximum Gasteiger partial charge on any atom is 0.498 e. The first-order valence-corrected chi connectivity index (χ1v) is 8.99. The summed E-state index contributed by atoms with van der Waals surface area (Å²) in [5, 5.41) is 4.29. The van der Waals surface area contributed by atoms with Gasteiger partial charge in [-0.1, -0.05) is 0 Å². The summed E-state index contributed by atoms with van der Waals surface area (Å²) in [7, 11) is -3.20. The van der Waals surface area contributed by atoms with Gasteiger partial charge < -0.3 is 9.31 Å². The Balaban J connectivity index is 1.66. The number of hydrogen-bond donors (Lipinski definition) is 0. The number of hydrogen-bond acceptors (Lipinski definition) is 5. The van der Waals surface area contributed by atoms with Crippen molar-refractivity contribution in [2.75, 3.05) is 11.5 Å². The van der Waals surface area contributed by atoms with E-state index in [0.717, 1.165) is 5.46 Å². The van der Waals surface area contributed by atoms with Crippen molar-refractivity contribution in [1.29, 1.82) is 0 Å². The van der Waals surface area contributed by atoms with E-state index >= 15 is 0 Å². The zero-order valence-corrected chi connectivity index (χ0v) is 13.7. The van der Waals surface area contributed by atoms with Crippen molar-refractivity contribution in [1.82, 2.24) is 9.78 Å². The molecule has 116 valence electrons. The van der Waals surface area contributed by atoms with Gasteiger partial charge in [0.15, 0.2) is 9.84 Å². The molecule has 6 nitrogen and oxygen atoms in total. The molecule has 0 unspecified atom stereocenters. The second-order valence-electron chi connectivity index (χ2n) is 7.03. The van der Waals surface area contributed by atoms with Gasteiger partial charge in [-0.2, -0.15) is 5.10 Å². The van der Waals surface area contributed by atoms with Crippen molar-refractivity contribution < 1.29 is 17.7 Å². The van der Waals surface area contributed by atoms with E-state index in [1.165, 1.54) is 0 Å². The molecule has 0 saturated carbocycles. The molecule has 0 aliphatic carbocycles. The van der Waals surface area contributed by atoms with Crippen molar-refractivity contribution in [3.05, 3.63) is 12.4 Å². The Morgan fingerprint density at radius 2 is 1.86 bits per heavy atom. The van der Waals surface area contributed by atoms with Crippen LogP contribution in [0.1, 0.15) is 27.7 Å². The van der Waals surface area contributed by atoms with Crippen LogP contribution in [0.25, 0.3) is 0 Å². The Labute approximate surface area is 125 Å². The van der Waals surface area contributed by atoms with Crippen LogP contribution in [0.5, 0.6) is 0 Å². The lowest BCUT2D eigenvalue weighted by molar-refractivity contribution is 0.00578. The normalized spacial score (nSPS) is 26.8. The van der Waals surface area contributed by atoms with Crippen molar-refractivity contribution in [2.24, 2.45) is 5.92 Å². The van der Waals surface area contributed by atoms with Crippen LogP contribution >= 0.6 is 0 Å². The third-order valence-electron chi connectivity index (χ3n) is 4.60. The van der Waals surface area contributed by atoms with Crippen LogP contribution in [0.4, 0.5) is 0 Å². The average molecular weight is 312 g/mol. The largest absolute Gasteiger partial charge is 0.498 e. The van der Waals surface area contributed by atoms with Crippen LogP contribution in [0.2, 0.25) is 0 Å². The Hall–Kier alpha value is -0.855. The summed E-state index contributed by atoms with van der Waals surface area (Å²) in [6.07, 6.45) is 3.61. The standard InChI is InChI=1S/C13H21BN2O4S/c1-12(2)13(3,4)20-14(19-12)11-5-15-16(7-11)6-10-8-21(17,18)9-10/h5,7,10H,6,8-9H2,1-4H3. The highest BCUT2D eigenvalue weighted by molar-refractivity contribution is 7.92. The van der Waals surface area contributed by atoms with E-state index in [1.54, 1.807) is 10.9 Å². The van der Waals surface area contributed by atoms with Gasteiger partial charge in [-0.15, -0.1) is 0 Å². The smallest absolute Gasteiger partial charge is 0.399 e. The second-order valence-corrected chi connectivity index (χ2v) is 9.18. The molecule has 3 rings (SSSR count). The number of aromatic nitrogens is 2. The second kappa shape index (κ2) is 4.57. The van der Waals surface area contributed by atoms with Gasteiger partial charge >= 0.3 is 7.12 Å². The molecule has 2 aliphatic heterocycles. The van der Waals surface area contributed by atoms with E-state index in [2.05, 4.69) is 5.10 Å². The highest BCUT2D eigenvalue weighted by Crippen LogP contribution is 2.36. The van der Waals surface area contributed by atoms with E-state index in [9.17, 15) is 8.42 Å². The average Bonchev–Trinajstić information content (AvgIpc) is 2.80. The van der Waals surface area contributed by atoms with Gasteiger partial charge in [-0.3, -0.25) is 4.68 Å². The minimum absolute atomic E-state index is 0.168. The third-order valence-corrected chi connectivity index (χ3v) is 6.56. The number of nitrogens with zero attached hydrogens (tertiary/aromatic N) is 2. The van der Waals surface area contributed by atoms with Gasteiger partial charge in [-0.05, 0) is 27.7 Å². The maximum atomic E-state index is 11.2. The summed E-state index contributed by atoms with van der Waals surface area (Å²) >= 11 is 0. The lowest BCUT2D eigenvalue weighted by atomic mass is 9.82. The maximum absolute atomic E-state index is 11.2. The molecule has 0 radical (unpaired) electrons. The molecule has 0 N–H and O–H groups in total. The van der Waals surface area contributed by atoms with E-state index < -0.39 is 17.0 Å². The first kappa shape index (κ1) is 15.1. The van der Waals surface area contributed by atoms with Crippen LogP contribution in [-0.4, -0.2) is 48.0 Å². The predicted octanol–water partition coefficient (Wildman–Crippen LogP) is 0.227. The lowest BCUT2D eigenvalue weighted by Gasteiger charge is -2.32. The van der Waals surface area contributed by atoms with Crippen LogP contribution in [-0.2, 0) is 25.7 Å². The molecule has 21 heavy (non-hydrogen) atoms. The summed E-state index contributed by atoms with van der Waals surface area (Å²) in [4.78, 5) is 0. The van der Waals surface area contributed by atoms with Crippen LogP contribution in [0.3, 0.4) is 0 Å². The van der Waals surface area contributed by atoms with Gasteiger partial charge in [0.1, 0.15) is 0 Å². The SMILES string of the molecule is CC1(C)OB(c2cnn(CC3CS(=O)(=O)C3)c2)OC1(C)C. The Morgan fingerprint density at radius 1 is 1.29 bits per heavy atom. The Morgan fingerprint density at radius 3 is 2.38 bits per heavy atom. The van der Waals surface area contributed by atoms with Gasteiger partial charge in [-0.25, -0.2) is 8.42 Å². The minimum atomic E-state index is -2.78. The van der Waals surface area contributed by atoms with Crippen LogP contribution < -0.4 is 5.46 Å². The molecule has 2 saturated heterocycles. The molecule has 0 bridgehead atoms. The van der Waals surface area contributed by atoms with E-state index in [-0.39, 0.29) is 28.6 Å². The Bertz CT molecular complexity index is 625. The molecule has 0 atom stereocenters. The zero-order chi connectivity index (χ0) is 15.5. The quantitative estimate of drug-likeness (QED) is 0.747. The molecular formula is C13H21BN2O4S. The summed E-state index contributed by atoms with van der Waals surface area (Å²) in [6.45, 7) is 8.67. The molecule has 2 aliphatic rings. The van der Waals surface area contributed by atoms with Crippen molar-refractivity contribution in [3.63, 3.8) is 0 Å². The fraction of sp³-hybridized carbons (Fsp3) is 0.769. The monoisotopic (exact) mass is 312 g/mol. The molecule has 1 aromatic rings. The molecule has 8 heteroatoms. The molecular weight excluding hydrogens is 291 g/mol.